The molecule has 6 rings (SSSR count). The van der Waals surface area contributed by atoms with Gasteiger partial charge in [-0.25, -0.2) is 0 Å². The second-order valence-corrected chi connectivity index (χ2v) is 10.0. The first-order valence-electron chi connectivity index (χ1n) is 11.1. The summed E-state index contributed by atoms with van der Waals surface area (Å²) in [6.45, 7) is 0. The average molecular weight is 421 g/mol. The smallest absolute Gasteiger partial charge is 0.203 e. The van der Waals surface area contributed by atoms with Crippen molar-refractivity contribution in [2.24, 2.45) is 34.5 Å². The molecule has 0 radical (unpaired) electrons. The lowest BCUT2D eigenvalue weighted by Crippen LogP contribution is -2.50. The zero-order valence-corrected chi connectivity index (χ0v) is 18.3. The van der Waals surface area contributed by atoms with E-state index in [1.165, 1.54) is 33.5 Å². The monoisotopic (exact) mass is 420 g/mol. The number of rotatable bonds is 6. The van der Waals surface area contributed by atoms with E-state index in [4.69, 9.17) is 14.2 Å². The van der Waals surface area contributed by atoms with Crippen LogP contribution in [0.3, 0.4) is 0 Å². The van der Waals surface area contributed by atoms with Gasteiger partial charge in [0.15, 0.2) is 16.9 Å². The normalized spacial score (nSPS) is 36.2. The Morgan fingerprint density at radius 1 is 0.903 bits per heavy atom. The van der Waals surface area contributed by atoms with Crippen molar-refractivity contribution in [2.75, 3.05) is 21.3 Å². The van der Waals surface area contributed by atoms with Crippen molar-refractivity contribution in [3.8, 4) is 29.4 Å². The maximum absolute atomic E-state index is 14.1. The van der Waals surface area contributed by atoms with E-state index in [9.17, 15) is 15.3 Å². The number of methoxy groups -OCH3 is 3. The van der Waals surface area contributed by atoms with Gasteiger partial charge in [-0.1, -0.05) is 6.07 Å². The molecule has 5 fully saturated rings. The van der Waals surface area contributed by atoms with Crippen LogP contribution in [0, 0.1) is 57.2 Å². The number of nitrogens with zero attached hydrogens (tertiary/aromatic N) is 2. The van der Waals surface area contributed by atoms with Crippen LogP contribution in [0.4, 0.5) is 0 Å². The third kappa shape index (κ3) is 2.64. The highest BCUT2D eigenvalue weighted by Crippen LogP contribution is 2.71. The van der Waals surface area contributed by atoms with E-state index in [1.807, 2.05) is 0 Å². The Morgan fingerprint density at radius 2 is 1.45 bits per heavy atom. The minimum absolute atomic E-state index is 0.136. The number of hydrogen-bond acceptors (Lipinski definition) is 6. The third-order valence-corrected chi connectivity index (χ3v) is 8.49. The van der Waals surface area contributed by atoms with Crippen molar-refractivity contribution in [3.63, 3.8) is 0 Å². The second kappa shape index (κ2) is 6.89. The van der Waals surface area contributed by atoms with Crippen LogP contribution in [0.1, 0.15) is 50.0 Å². The number of benzene rings is 1. The predicted octanol–water partition coefficient (Wildman–Crippen LogP) is 4.24. The SMILES string of the molecule is COc1ccc(C2C(C(=O)C34CC5CC(CC(C5)C3)C4)C2(C#N)C#N)c(OC)c1OC. The number of hydrogen-bond donors (Lipinski definition) is 0. The van der Waals surface area contributed by atoms with Crippen LogP contribution in [0.25, 0.3) is 0 Å². The molecule has 5 aliphatic carbocycles. The zero-order chi connectivity index (χ0) is 22.0. The molecule has 5 saturated carbocycles. The first kappa shape index (κ1) is 20.2. The summed E-state index contributed by atoms with van der Waals surface area (Å²) in [6, 6.07) is 8.00. The van der Waals surface area contributed by atoms with Crippen LogP contribution < -0.4 is 14.2 Å². The lowest BCUT2D eigenvalue weighted by molar-refractivity contribution is -0.145. The molecule has 0 heterocycles. The van der Waals surface area contributed by atoms with Gasteiger partial charge in [-0.05, 0) is 62.3 Å². The molecule has 162 valence electrons. The van der Waals surface area contributed by atoms with E-state index in [1.54, 1.807) is 19.2 Å². The molecule has 0 aliphatic heterocycles. The minimum Gasteiger partial charge on any atom is -0.493 e. The fraction of sp³-hybridized carbons (Fsp3) is 0.640. The first-order valence-corrected chi connectivity index (χ1v) is 11.1. The largest absolute Gasteiger partial charge is 0.493 e. The Balaban J connectivity index is 1.56. The Kier molecular flexibility index (Phi) is 4.49. The molecule has 0 spiro atoms. The summed E-state index contributed by atoms with van der Waals surface area (Å²) < 4.78 is 16.5. The molecular weight excluding hydrogens is 392 g/mol. The zero-order valence-electron chi connectivity index (χ0n) is 18.3. The topological polar surface area (TPSA) is 92.3 Å². The number of carbonyl (C=O) groups is 1. The third-order valence-electron chi connectivity index (χ3n) is 8.49. The molecule has 6 nitrogen and oxygen atoms in total. The average Bonchev–Trinajstić information content (AvgIpc) is 3.45. The summed E-state index contributed by atoms with van der Waals surface area (Å²) in [5, 5.41) is 20.1. The molecule has 0 aromatic heterocycles. The summed E-state index contributed by atoms with van der Waals surface area (Å²) in [4.78, 5) is 14.1. The molecule has 0 amide bonds. The molecular formula is C25H28N2O4. The lowest BCUT2D eigenvalue weighted by Gasteiger charge is -2.56. The van der Waals surface area contributed by atoms with Gasteiger partial charge in [0.05, 0.1) is 39.4 Å². The van der Waals surface area contributed by atoms with Crippen LogP contribution in [-0.2, 0) is 4.79 Å². The number of ketones is 1. The quantitative estimate of drug-likeness (QED) is 0.683. The van der Waals surface area contributed by atoms with Crippen LogP contribution in [-0.4, -0.2) is 27.1 Å². The molecule has 31 heavy (non-hydrogen) atoms. The maximum Gasteiger partial charge on any atom is 0.203 e. The van der Waals surface area contributed by atoms with E-state index in [2.05, 4.69) is 12.1 Å². The van der Waals surface area contributed by atoms with Gasteiger partial charge >= 0.3 is 0 Å². The fourth-order valence-electron chi connectivity index (χ4n) is 7.59. The Labute approximate surface area is 183 Å². The first-order chi connectivity index (χ1) is 15.0. The van der Waals surface area contributed by atoms with E-state index in [0.29, 0.717) is 40.6 Å². The molecule has 4 bridgehead atoms. The van der Waals surface area contributed by atoms with Crippen LogP contribution >= 0.6 is 0 Å². The summed E-state index contributed by atoms with van der Waals surface area (Å²) in [6.07, 6.45) is 6.51. The number of nitriles is 2. The van der Waals surface area contributed by atoms with Crippen LogP contribution in [0.2, 0.25) is 0 Å². The van der Waals surface area contributed by atoms with Crippen molar-refractivity contribution in [1.29, 1.82) is 10.5 Å². The van der Waals surface area contributed by atoms with Gasteiger partial charge in [0.1, 0.15) is 5.78 Å². The molecule has 1 aromatic carbocycles. The van der Waals surface area contributed by atoms with Gasteiger partial charge in [-0.15, -0.1) is 0 Å². The van der Waals surface area contributed by atoms with E-state index < -0.39 is 17.3 Å². The van der Waals surface area contributed by atoms with E-state index in [0.717, 1.165) is 19.3 Å². The second-order valence-electron chi connectivity index (χ2n) is 10.0. The van der Waals surface area contributed by atoms with Crippen LogP contribution in [0.15, 0.2) is 12.1 Å². The van der Waals surface area contributed by atoms with Crippen molar-refractivity contribution >= 4 is 5.78 Å². The number of Topliss-reactive ketones (excluding diaryl/α,β-unsaturated/α-hetero) is 1. The van der Waals surface area contributed by atoms with Crippen molar-refractivity contribution < 1.29 is 19.0 Å². The predicted molar refractivity (Wildman–Crippen MR) is 112 cm³/mol. The van der Waals surface area contributed by atoms with Crippen molar-refractivity contribution in [1.82, 2.24) is 0 Å². The number of carbonyl (C=O) groups excluding carboxylic acids is 1. The van der Waals surface area contributed by atoms with Gasteiger partial charge in [-0.3, -0.25) is 4.79 Å². The van der Waals surface area contributed by atoms with Gasteiger partial charge in [0.2, 0.25) is 5.75 Å². The van der Waals surface area contributed by atoms with Crippen LogP contribution in [0.5, 0.6) is 17.2 Å². The molecule has 0 saturated heterocycles. The van der Waals surface area contributed by atoms with Gasteiger partial charge in [0, 0.05) is 16.9 Å². The lowest BCUT2D eigenvalue weighted by atomic mass is 9.48. The Morgan fingerprint density at radius 3 is 1.90 bits per heavy atom. The summed E-state index contributed by atoms with van der Waals surface area (Å²) in [5.41, 5.74) is -1.03. The summed E-state index contributed by atoms with van der Waals surface area (Å²) in [7, 11) is 4.60. The standard InChI is InChI=1S/C25H28N2O4/c1-29-18-5-4-17(21(30-2)22(18)31-3)19-20(25(19,12-26)13-27)23(28)24-9-14-6-15(10-24)8-16(7-14)11-24/h4-5,14-16,19-20H,6-11H2,1-3H3. The Hall–Kier alpha value is -2.73. The van der Waals surface area contributed by atoms with E-state index >= 15 is 0 Å². The summed E-state index contributed by atoms with van der Waals surface area (Å²) >= 11 is 0. The number of ether oxygens (including phenoxy) is 3. The molecule has 6 heteroatoms. The van der Waals surface area contributed by atoms with Crippen molar-refractivity contribution in [3.05, 3.63) is 17.7 Å². The van der Waals surface area contributed by atoms with Gasteiger partial charge in [0.25, 0.3) is 0 Å². The molecule has 2 atom stereocenters. The highest BCUT2D eigenvalue weighted by atomic mass is 16.5. The van der Waals surface area contributed by atoms with Crippen molar-refractivity contribution in [2.45, 2.75) is 44.4 Å². The minimum atomic E-state index is -1.35. The fourth-order valence-corrected chi connectivity index (χ4v) is 7.59. The molecule has 0 N–H and O–H groups in total. The van der Waals surface area contributed by atoms with Gasteiger partial charge in [-0.2, -0.15) is 10.5 Å². The highest BCUT2D eigenvalue weighted by molar-refractivity contribution is 5.94. The summed E-state index contributed by atoms with van der Waals surface area (Å²) in [5.74, 6) is 2.24. The molecule has 2 unspecified atom stereocenters. The molecule has 1 aromatic rings. The molecule has 5 aliphatic rings. The van der Waals surface area contributed by atoms with E-state index in [-0.39, 0.29) is 11.2 Å². The van der Waals surface area contributed by atoms with Gasteiger partial charge < -0.3 is 14.2 Å². The highest BCUT2D eigenvalue weighted by Gasteiger charge is 2.74. The Bertz CT molecular complexity index is 968. The maximum atomic E-state index is 14.1.